The number of unbranched alkanes of at least 4 members (excludes halogenated alkanes) is 5. The van der Waals surface area contributed by atoms with Gasteiger partial charge in [0.25, 0.3) is 0 Å². The normalized spacial score (nSPS) is 13.1. The van der Waals surface area contributed by atoms with E-state index in [4.69, 9.17) is 13.8 Å². The largest absolute Gasteiger partial charge is 0.460 e. The summed E-state index contributed by atoms with van der Waals surface area (Å²) in [5.41, 5.74) is -0.670. The fourth-order valence-electron chi connectivity index (χ4n) is 3.00. The predicted octanol–water partition coefficient (Wildman–Crippen LogP) is 5.47. The molecule has 0 rings (SSSR count). The second kappa shape index (κ2) is 15.8. The van der Waals surface area contributed by atoms with Crippen LogP contribution in [0.25, 0.3) is 0 Å². The van der Waals surface area contributed by atoms with Crippen LogP contribution >= 0.6 is 7.60 Å². The van der Waals surface area contributed by atoms with Gasteiger partial charge in [-0.2, -0.15) is 0 Å². The van der Waals surface area contributed by atoms with Crippen LogP contribution in [-0.4, -0.2) is 43.4 Å². The first-order valence-electron chi connectivity index (χ1n) is 11.4. The lowest BCUT2D eigenvalue weighted by Crippen LogP contribution is -2.32. The SMILES string of the molecule is CCCCCCCCNC(=O)CC[C@H](CP(=O)(OCC)OCC)C(=O)OC(C)(C)C. The van der Waals surface area contributed by atoms with Gasteiger partial charge in [0.15, 0.2) is 0 Å². The summed E-state index contributed by atoms with van der Waals surface area (Å²) >= 11 is 0. The third-order valence-electron chi connectivity index (χ3n) is 4.41. The highest BCUT2D eigenvalue weighted by Crippen LogP contribution is 2.50. The van der Waals surface area contributed by atoms with E-state index in [9.17, 15) is 14.2 Å². The minimum absolute atomic E-state index is 0.0890. The zero-order chi connectivity index (χ0) is 23.0. The molecular weight excluding hydrogens is 405 g/mol. The Hall–Kier alpha value is -0.910. The quantitative estimate of drug-likeness (QED) is 0.180. The predicted molar refractivity (Wildman–Crippen MR) is 121 cm³/mol. The summed E-state index contributed by atoms with van der Waals surface area (Å²) in [4.78, 5) is 24.9. The number of rotatable bonds is 17. The average molecular weight is 450 g/mol. The minimum atomic E-state index is -3.43. The van der Waals surface area contributed by atoms with Crippen LogP contribution < -0.4 is 5.32 Å². The molecule has 0 heterocycles. The van der Waals surface area contributed by atoms with Crippen molar-refractivity contribution in [2.24, 2.45) is 5.92 Å². The van der Waals surface area contributed by atoms with E-state index in [0.717, 1.165) is 12.8 Å². The number of ether oxygens (including phenoxy) is 1. The Bertz CT molecular complexity index is 522. The van der Waals surface area contributed by atoms with E-state index in [0.29, 0.717) is 6.54 Å². The summed E-state index contributed by atoms with van der Waals surface area (Å²) < 4.78 is 29.0. The number of carbonyl (C=O) groups excluding carboxylic acids is 2. The molecule has 1 N–H and O–H groups in total. The minimum Gasteiger partial charge on any atom is -0.460 e. The molecule has 0 aliphatic heterocycles. The fraction of sp³-hybridized carbons (Fsp3) is 0.909. The molecule has 0 aliphatic carbocycles. The zero-order valence-electron chi connectivity index (χ0n) is 20.0. The molecule has 1 atom stereocenters. The van der Waals surface area contributed by atoms with Crippen molar-refractivity contribution in [3.05, 3.63) is 0 Å². The number of nitrogens with one attached hydrogen (secondary N) is 1. The Morgan fingerprint density at radius 3 is 2.03 bits per heavy atom. The van der Waals surface area contributed by atoms with Crippen molar-refractivity contribution in [1.29, 1.82) is 0 Å². The van der Waals surface area contributed by atoms with Gasteiger partial charge in [0.1, 0.15) is 5.60 Å². The van der Waals surface area contributed by atoms with Crippen molar-refractivity contribution in [2.75, 3.05) is 25.9 Å². The van der Waals surface area contributed by atoms with Crippen LogP contribution in [0.1, 0.15) is 92.9 Å². The molecule has 0 aromatic heterocycles. The smallest absolute Gasteiger partial charge is 0.331 e. The highest BCUT2D eigenvalue weighted by molar-refractivity contribution is 7.53. The van der Waals surface area contributed by atoms with Gasteiger partial charge in [-0.15, -0.1) is 0 Å². The van der Waals surface area contributed by atoms with Gasteiger partial charge in [0.05, 0.1) is 25.3 Å². The first kappa shape index (κ1) is 29.1. The lowest BCUT2D eigenvalue weighted by molar-refractivity contribution is -0.159. The maximum absolute atomic E-state index is 12.9. The third-order valence-corrected chi connectivity index (χ3v) is 6.60. The van der Waals surface area contributed by atoms with Crippen LogP contribution in [0.3, 0.4) is 0 Å². The zero-order valence-corrected chi connectivity index (χ0v) is 20.9. The molecule has 0 radical (unpaired) electrons. The van der Waals surface area contributed by atoms with E-state index in [1.54, 1.807) is 34.6 Å². The molecule has 0 aromatic rings. The Labute approximate surface area is 183 Å². The first-order valence-corrected chi connectivity index (χ1v) is 13.2. The fourth-order valence-corrected chi connectivity index (χ4v) is 4.95. The molecule has 0 saturated carbocycles. The van der Waals surface area contributed by atoms with Gasteiger partial charge in [0.2, 0.25) is 5.91 Å². The van der Waals surface area contributed by atoms with Gasteiger partial charge in [-0.3, -0.25) is 14.2 Å². The molecule has 7 nitrogen and oxygen atoms in total. The lowest BCUT2D eigenvalue weighted by Gasteiger charge is -2.26. The highest BCUT2D eigenvalue weighted by atomic mass is 31.2. The highest BCUT2D eigenvalue weighted by Gasteiger charge is 2.35. The van der Waals surface area contributed by atoms with Gasteiger partial charge in [-0.1, -0.05) is 39.0 Å². The van der Waals surface area contributed by atoms with Crippen molar-refractivity contribution in [3.8, 4) is 0 Å². The van der Waals surface area contributed by atoms with Crippen molar-refractivity contribution in [2.45, 2.75) is 98.5 Å². The van der Waals surface area contributed by atoms with E-state index in [2.05, 4.69) is 12.2 Å². The van der Waals surface area contributed by atoms with Crippen molar-refractivity contribution in [3.63, 3.8) is 0 Å². The van der Waals surface area contributed by atoms with Gasteiger partial charge < -0.3 is 19.1 Å². The lowest BCUT2D eigenvalue weighted by atomic mass is 10.0. The van der Waals surface area contributed by atoms with Gasteiger partial charge in [-0.25, -0.2) is 0 Å². The number of hydrogen-bond donors (Lipinski definition) is 1. The molecule has 178 valence electrons. The maximum Gasteiger partial charge on any atom is 0.331 e. The molecule has 8 heteroatoms. The van der Waals surface area contributed by atoms with E-state index in [-0.39, 0.29) is 38.1 Å². The van der Waals surface area contributed by atoms with Crippen LogP contribution in [-0.2, 0) is 27.9 Å². The Morgan fingerprint density at radius 2 is 1.50 bits per heavy atom. The van der Waals surface area contributed by atoms with Crippen molar-refractivity contribution in [1.82, 2.24) is 5.32 Å². The standard InChI is InChI=1S/C22H44NO6P/c1-7-10-11-12-13-14-17-23-20(24)16-15-19(21(25)29-22(4,5)6)18-30(26,27-8-2)28-9-3/h19H,7-18H2,1-6H3,(H,23,24)/t19-/m1/s1. The van der Waals surface area contributed by atoms with E-state index in [1.807, 2.05) is 0 Å². The summed E-state index contributed by atoms with van der Waals surface area (Å²) in [7, 11) is -3.43. The number of esters is 1. The number of carbonyl (C=O) groups is 2. The van der Waals surface area contributed by atoms with Gasteiger partial charge >= 0.3 is 13.6 Å². The summed E-state index contributed by atoms with van der Waals surface area (Å²) in [6, 6.07) is 0. The molecule has 30 heavy (non-hydrogen) atoms. The molecule has 0 aliphatic rings. The summed E-state index contributed by atoms with van der Waals surface area (Å²) in [5.74, 6) is -1.32. The first-order chi connectivity index (χ1) is 14.1. The molecule has 0 saturated heterocycles. The third kappa shape index (κ3) is 15.0. The van der Waals surface area contributed by atoms with Gasteiger partial charge in [-0.05, 0) is 47.5 Å². The molecule has 0 aromatic carbocycles. The van der Waals surface area contributed by atoms with Crippen LogP contribution in [0.15, 0.2) is 0 Å². The second-order valence-electron chi connectivity index (χ2n) is 8.52. The van der Waals surface area contributed by atoms with Crippen LogP contribution in [0, 0.1) is 5.92 Å². The van der Waals surface area contributed by atoms with Crippen molar-refractivity contribution >= 4 is 19.5 Å². The van der Waals surface area contributed by atoms with E-state index >= 15 is 0 Å². The molecule has 0 fully saturated rings. The number of amides is 1. The summed E-state index contributed by atoms with van der Waals surface area (Å²) in [6.07, 6.45) is 7.27. The molecule has 0 spiro atoms. The molecule has 0 unspecified atom stereocenters. The van der Waals surface area contributed by atoms with Crippen LogP contribution in [0.5, 0.6) is 0 Å². The monoisotopic (exact) mass is 449 g/mol. The van der Waals surface area contributed by atoms with Crippen LogP contribution in [0.4, 0.5) is 0 Å². The Morgan fingerprint density at radius 1 is 0.933 bits per heavy atom. The van der Waals surface area contributed by atoms with Crippen molar-refractivity contribution < 1.29 is 27.9 Å². The molecule has 1 amide bonds. The molecular formula is C22H44NO6P. The van der Waals surface area contributed by atoms with Crippen LogP contribution in [0.2, 0.25) is 0 Å². The van der Waals surface area contributed by atoms with Gasteiger partial charge in [0, 0.05) is 13.0 Å². The summed E-state index contributed by atoms with van der Waals surface area (Å²) in [6.45, 7) is 12.0. The Balaban J connectivity index is 4.71. The Kier molecular flexibility index (Phi) is 15.3. The molecule has 0 bridgehead atoms. The maximum atomic E-state index is 12.9. The average Bonchev–Trinajstić information content (AvgIpc) is 2.63. The van der Waals surface area contributed by atoms with E-state index < -0.39 is 25.1 Å². The summed E-state index contributed by atoms with van der Waals surface area (Å²) in [5, 5.41) is 2.91. The topological polar surface area (TPSA) is 90.9 Å². The number of hydrogen-bond acceptors (Lipinski definition) is 6. The van der Waals surface area contributed by atoms with E-state index in [1.165, 1.54) is 25.7 Å². The second-order valence-corrected chi connectivity index (χ2v) is 10.6.